The summed E-state index contributed by atoms with van der Waals surface area (Å²) in [5.41, 5.74) is 2.08. The van der Waals surface area contributed by atoms with Crippen LogP contribution in [-0.2, 0) is 14.8 Å². The number of hydrogen-bond acceptors (Lipinski definition) is 7. The maximum Gasteiger partial charge on any atom is 0.271 e. The molecule has 0 saturated heterocycles. The monoisotopic (exact) mass is 479 g/mol. The van der Waals surface area contributed by atoms with Crippen molar-refractivity contribution in [3.05, 3.63) is 57.6 Å². The van der Waals surface area contributed by atoms with E-state index in [-0.39, 0.29) is 42.4 Å². The second kappa shape index (κ2) is 11.5. The molecule has 0 aliphatic rings. The average molecular weight is 480 g/mol. The summed E-state index contributed by atoms with van der Waals surface area (Å²) in [6.45, 7) is 4.57. The Bertz CT molecular complexity index is 1100. The molecule has 1 N–H and O–H groups in total. The number of nitrogens with zero attached hydrogens (tertiary/aromatic N) is 2. The van der Waals surface area contributed by atoms with E-state index in [0.29, 0.717) is 13.2 Å². The van der Waals surface area contributed by atoms with Gasteiger partial charge in [-0.15, -0.1) is 0 Å². The van der Waals surface area contributed by atoms with E-state index in [0.717, 1.165) is 27.9 Å². The molecule has 10 nitrogen and oxygen atoms in total. The van der Waals surface area contributed by atoms with Gasteiger partial charge in [0, 0.05) is 25.1 Å². The van der Waals surface area contributed by atoms with E-state index in [1.807, 2.05) is 32.0 Å². The van der Waals surface area contributed by atoms with Crippen molar-refractivity contribution in [1.29, 1.82) is 0 Å². The van der Waals surface area contributed by atoms with Gasteiger partial charge < -0.3 is 14.8 Å². The topological polar surface area (TPSA) is 128 Å². The third kappa shape index (κ3) is 7.63. The minimum Gasteiger partial charge on any atom is -0.495 e. The van der Waals surface area contributed by atoms with Crippen LogP contribution in [0.25, 0.3) is 0 Å². The second-order valence-electron chi connectivity index (χ2n) is 7.50. The Morgan fingerprint density at radius 2 is 1.88 bits per heavy atom. The van der Waals surface area contributed by atoms with E-state index in [4.69, 9.17) is 9.47 Å². The van der Waals surface area contributed by atoms with Gasteiger partial charge in [0.2, 0.25) is 15.9 Å². The number of hydrogen-bond donors (Lipinski definition) is 1. The van der Waals surface area contributed by atoms with Gasteiger partial charge in [-0.25, -0.2) is 8.42 Å². The largest absolute Gasteiger partial charge is 0.495 e. The lowest BCUT2D eigenvalue weighted by Gasteiger charge is -2.24. The number of amides is 1. The molecular weight excluding hydrogens is 450 g/mol. The third-order valence-electron chi connectivity index (χ3n) is 4.98. The number of non-ortho nitro benzene ring substituents is 1. The smallest absolute Gasteiger partial charge is 0.271 e. The molecule has 33 heavy (non-hydrogen) atoms. The van der Waals surface area contributed by atoms with E-state index in [1.54, 1.807) is 0 Å². The van der Waals surface area contributed by atoms with Crippen molar-refractivity contribution < 1.29 is 27.6 Å². The molecule has 0 radical (unpaired) electrons. The summed E-state index contributed by atoms with van der Waals surface area (Å²) < 4.78 is 36.5. The molecular formula is C22H29N3O7S. The van der Waals surface area contributed by atoms with Crippen molar-refractivity contribution in [2.24, 2.45) is 0 Å². The Morgan fingerprint density at radius 3 is 2.48 bits per heavy atom. The molecule has 0 saturated carbocycles. The molecule has 0 aliphatic heterocycles. The van der Waals surface area contributed by atoms with Crippen molar-refractivity contribution in [1.82, 2.24) is 5.32 Å². The predicted octanol–water partition coefficient (Wildman–Crippen LogP) is 2.96. The number of methoxy groups -OCH3 is 1. The van der Waals surface area contributed by atoms with E-state index in [1.165, 1.54) is 24.8 Å². The zero-order chi connectivity index (χ0) is 24.6. The number of aryl methyl sites for hydroxylation is 2. The molecule has 11 heteroatoms. The second-order valence-corrected chi connectivity index (χ2v) is 9.40. The number of nitro benzene ring substituents is 1. The number of ether oxygens (including phenoxy) is 2. The minimum atomic E-state index is -3.77. The normalized spacial score (nSPS) is 11.0. The summed E-state index contributed by atoms with van der Waals surface area (Å²) >= 11 is 0. The highest BCUT2D eigenvalue weighted by Crippen LogP contribution is 2.33. The molecule has 0 atom stereocenters. The summed E-state index contributed by atoms with van der Waals surface area (Å²) in [6.07, 6.45) is 1.28. The van der Waals surface area contributed by atoms with Gasteiger partial charge in [-0.05, 0) is 49.6 Å². The maximum absolute atomic E-state index is 12.3. The Morgan fingerprint density at radius 1 is 1.15 bits per heavy atom. The van der Waals surface area contributed by atoms with E-state index in [9.17, 15) is 23.3 Å². The predicted molar refractivity (Wildman–Crippen MR) is 125 cm³/mol. The van der Waals surface area contributed by atoms with Crippen LogP contribution in [0.2, 0.25) is 0 Å². The van der Waals surface area contributed by atoms with Crippen LogP contribution in [0.5, 0.6) is 11.5 Å². The van der Waals surface area contributed by atoms with Crippen molar-refractivity contribution >= 4 is 27.3 Å². The lowest BCUT2D eigenvalue weighted by atomic mass is 10.1. The summed E-state index contributed by atoms with van der Waals surface area (Å²) in [4.78, 5) is 22.6. The highest BCUT2D eigenvalue weighted by atomic mass is 32.2. The van der Waals surface area contributed by atoms with Crippen LogP contribution in [0.1, 0.15) is 24.0 Å². The zero-order valence-corrected chi connectivity index (χ0v) is 20.0. The fourth-order valence-corrected chi connectivity index (χ4v) is 4.05. The molecule has 0 bridgehead atoms. The molecule has 0 aliphatic carbocycles. The van der Waals surface area contributed by atoms with E-state index < -0.39 is 14.9 Å². The molecule has 0 aromatic heterocycles. The summed E-state index contributed by atoms with van der Waals surface area (Å²) in [5.74, 6) is 0.652. The fraction of sp³-hybridized carbons (Fsp3) is 0.409. The van der Waals surface area contributed by atoms with Crippen LogP contribution in [-0.4, -0.2) is 52.3 Å². The highest BCUT2D eigenvalue weighted by molar-refractivity contribution is 7.92. The molecule has 2 aromatic carbocycles. The Hall–Kier alpha value is -3.34. The number of nitro groups is 1. The molecule has 0 spiro atoms. The van der Waals surface area contributed by atoms with Crippen LogP contribution in [0.3, 0.4) is 0 Å². The fourth-order valence-electron chi connectivity index (χ4n) is 3.09. The molecule has 2 aromatic rings. The van der Waals surface area contributed by atoms with Crippen LogP contribution < -0.4 is 19.1 Å². The first-order chi connectivity index (χ1) is 15.5. The lowest BCUT2D eigenvalue weighted by Crippen LogP contribution is -2.33. The standard InChI is InChI=1S/C22H29N3O7S/c1-16-7-9-19(14-17(16)2)32-13-11-23-22(26)6-5-12-24(33(4,29)30)20-15-18(25(27)28)8-10-21(20)31-3/h7-10,14-15H,5-6,11-13H2,1-4H3,(H,23,26). The summed E-state index contributed by atoms with van der Waals surface area (Å²) in [5, 5.41) is 13.8. The number of anilines is 1. The van der Waals surface area contributed by atoms with Gasteiger partial charge in [-0.1, -0.05) is 6.07 Å². The molecule has 0 heterocycles. The highest BCUT2D eigenvalue weighted by Gasteiger charge is 2.24. The van der Waals surface area contributed by atoms with Crippen molar-refractivity contribution in [2.75, 3.05) is 37.4 Å². The quantitative estimate of drug-likeness (QED) is 0.282. The SMILES string of the molecule is COc1ccc([N+](=O)[O-])cc1N(CCCC(=O)NCCOc1ccc(C)c(C)c1)S(C)(=O)=O. The van der Waals surface area contributed by atoms with Crippen LogP contribution >= 0.6 is 0 Å². The number of carbonyl (C=O) groups is 1. The van der Waals surface area contributed by atoms with Gasteiger partial charge in [0.1, 0.15) is 23.8 Å². The van der Waals surface area contributed by atoms with Gasteiger partial charge in [0.25, 0.3) is 5.69 Å². The zero-order valence-electron chi connectivity index (χ0n) is 19.2. The van der Waals surface area contributed by atoms with Crippen LogP contribution in [0.15, 0.2) is 36.4 Å². The van der Waals surface area contributed by atoms with E-state index in [2.05, 4.69) is 5.32 Å². The van der Waals surface area contributed by atoms with Gasteiger partial charge in [0.15, 0.2) is 0 Å². The first-order valence-corrected chi connectivity index (χ1v) is 12.1. The number of carbonyl (C=O) groups excluding carboxylic acids is 1. The minimum absolute atomic E-state index is 0.0388. The molecule has 0 fully saturated rings. The van der Waals surface area contributed by atoms with Gasteiger partial charge in [-0.2, -0.15) is 0 Å². The Labute approximate surface area is 193 Å². The third-order valence-corrected chi connectivity index (χ3v) is 6.16. The lowest BCUT2D eigenvalue weighted by molar-refractivity contribution is -0.384. The first kappa shape index (κ1) is 25.9. The Balaban J connectivity index is 1.90. The molecule has 0 unspecified atom stereocenters. The summed E-state index contributed by atoms with van der Waals surface area (Å²) in [6, 6.07) is 9.48. The van der Waals surface area contributed by atoms with Crippen LogP contribution in [0, 0.1) is 24.0 Å². The van der Waals surface area contributed by atoms with Crippen molar-refractivity contribution in [3.63, 3.8) is 0 Å². The van der Waals surface area contributed by atoms with Crippen molar-refractivity contribution in [3.8, 4) is 11.5 Å². The van der Waals surface area contributed by atoms with Gasteiger partial charge in [0.05, 0.1) is 24.8 Å². The van der Waals surface area contributed by atoms with Gasteiger partial charge in [-0.3, -0.25) is 19.2 Å². The number of rotatable bonds is 12. The number of nitrogens with one attached hydrogen (secondary N) is 1. The molecule has 1 amide bonds. The molecule has 2 rings (SSSR count). The number of benzene rings is 2. The maximum atomic E-state index is 12.3. The van der Waals surface area contributed by atoms with Crippen molar-refractivity contribution in [2.45, 2.75) is 26.7 Å². The average Bonchev–Trinajstić information content (AvgIpc) is 2.75. The first-order valence-electron chi connectivity index (χ1n) is 10.3. The van der Waals surface area contributed by atoms with Crippen LogP contribution in [0.4, 0.5) is 11.4 Å². The van der Waals surface area contributed by atoms with E-state index >= 15 is 0 Å². The Kier molecular flexibility index (Phi) is 9.03. The molecule has 180 valence electrons. The van der Waals surface area contributed by atoms with Gasteiger partial charge >= 0.3 is 0 Å². The summed E-state index contributed by atoms with van der Waals surface area (Å²) in [7, 11) is -2.42. The number of sulfonamides is 1.